The van der Waals surface area contributed by atoms with Crippen molar-refractivity contribution in [2.45, 2.75) is 33.2 Å². The Labute approximate surface area is 161 Å². The molecule has 1 N–H and O–H groups in total. The molecule has 0 aliphatic rings. The summed E-state index contributed by atoms with van der Waals surface area (Å²) in [5.41, 5.74) is 2.74. The molecule has 0 atom stereocenters. The predicted molar refractivity (Wildman–Crippen MR) is 107 cm³/mol. The number of aryl methyl sites for hydroxylation is 1. The Morgan fingerprint density at radius 2 is 1.85 bits per heavy atom. The first kappa shape index (κ1) is 20.8. The van der Waals surface area contributed by atoms with E-state index in [9.17, 15) is 13.2 Å². The van der Waals surface area contributed by atoms with Gasteiger partial charge < -0.3 is 14.4 Å². The Hall–Kier alpha value is -2.54. The van der Waals surface area contributed by atoms with Gasteiger partial charge in [0.05, 0.1) is 6.26 Å². The predicted octanol–water partition coefficient (Wildman–Crippen LogP) is 4.17. The van der Waals surface area contributed by atoms with Crippen LogP contribution in [0.25, 0.3) is 0 Å². The molecule has 0 aromatic heterocycles. The second kappa shape index (κ2) is 9.41. The summed E-state index contributed by atoms with van der Waals surface area (Å²) in [5.74, 6) is 0.255. The van der Waals surface area contributed by atoms with E-state index >= 15 is 0 Å². The third-order valence-electron chi connectivity index (χ3n) is 3.88. The third kappa shape index (κ3) is 7.30. The lowest BCUT2D eigenvalue weighted by Crippen LogP contribution is -2.35. The minimum absolute atomic E-state index is 0.162. The van der Waals surface area contributed by atoms with Crippen LogP contribution in [0.2, 0.25) is 0 Å². The smallest absolute Gasteiger partial charge is 0.322 e. The fourth-order valence-corrected chi connectivity index (χ4v) is 3.03. The number of hydrogen-bond acceptors (Lipinski definition) is 4. The summed E-state index contributed by atoms with van der Waals surface area (Å²) in [5, 5.41) is 2.94. The van der Waals surface area contributed by atoms with Crippen molar-refractivity contribution in [1.29, 1.82) is 0 Å². The molecular formula is C20H26N2O4S. The van der Waals surface area contributed by atoms with E-state index in [1.54, 1.807) is 29.2 Å². The average Bonchev–Trinajstić information content (AvgIpc) is 2.58. The lowest BCUT2D eigenvalue weighted by molar-refractivity contribution is 0.208. The zero-order valence-electron chi connectivity index (χ0n) is 15.9. The van der Waals surface area contributed by atoms with Crippen LogP contribution in [0.3, 0.4) is 0 Å². The summed E-state index contributed by atoms with van der Waals surface area (Å²) >= 11 is 0. The lowest BCUT2D eigenvalue weighted by atomic mass is 10.2. The molecule has 2 aromatic carbocycles. The zero-order chi connectivity index (χ0) is 19.9. The highest BCUT2D eigenvalue weighted by atomic mass is 32.2. The minimum atomic E-state index is -3.55. The average molecular weight is 391 g/mol. The van der Waals surface area contributed by atoms with Crippen molar-refractivity contribution < 1.29 is 17.4 Å². The van der Waals surface area contributed by atoms with E-state index in [1.165, 1.54) is 0 Å². The number of rotatable bonds is 8. The van der Waals surface area contributed by atoms with Gasteiger partial charge in [-0.1, -0.05) is 37.6 Å². The van der Waals surface area contributed by atoms with Crippen LogP contribution in [0.15, 0.2) is 48.5 Å². The van der Waals surface area contributed by atoms with Crippen LogP contribution in [-0.4, -0.2) is 32.1 Å². The fraction of sp³-hybridized carbons (Fsp3) is 0.350. The number of benzene rings is 2. The van der Waals surface area contributed by atoms with Crippen molar-refractivity contribution >= 4 is 21.8 Å². The van der Waals surface area contributed by atoms with Crippen LogP contribution in [0, 0.1) is 6.92 Å². The number of amides is 2. The monoisotopic (exact) mass is 390 g/mol. The van der Waals surface area contributed by atoms with Crippen molar-refractivity contribution in [2.75, 3.05) is 18.1 Å². The maximum absolute atomic E-state index is 12.7. The molecule has 0 radical (unpaired) electrons. The van der Waals surface area contributed by atoms with E-state index in [1.807, 2.05) is 31.2 Å². The van der Waals surface area contributed by atoms with Crippen LogP contribution >= 0.6 is 0 Å². The molecule has 2 aromatic rings. The van der Waals surface area contributed by atoms with E-state index < -0.39 is 10.1 Å². The Kier molecular flexibility index (Phi) is 7.24. The molecule has 0 spiro atoms. The highest BCUT2D eigenvalue weighted by Gasteiger charge is 2.14. The minimum Gasteiger partial charge on any atom is -0.383 e. The molecule has 0 aliphatic heterocycles. The molecular weight excluding hydrogens is 364 g/mol. The molecule has 0 saturated carbocycles. The van der Waals surface area contributed by atoms with Gasteiger partial charge in [0.2, 0.25) is 0 Å². The largest absolute Gasteiger partial charge is 0.383 e. The number of carbonyl (C=O) groups excluding carboxylic acids is 1. The van der Waals surface area contributed by atoms with Gasteiger partial charge in [0, 0.05) is 18.8 Å². The van der Waals surface area contributed by atoms with Crippen molar-refractivity contribution in [1.82, 2.24) is 4.90 Å². The first-order valence-electron chi connectivity index (χ1n) is 8.88. The number of nitrogens with zero attached hydrogens (tertiary/aromatic N) is 1. The number of nitrogens with one attached hydrogen (secondary N) is 1. The molecule has 146 valence electrons. The molecule has 2 rings (SSSR count). The molecule has 6 nitrogen and oxygen atoms in total. The third-order valence-corrected chi connectivity index (χ3v) is 4.38. The molecule has 2 amide bonds. The summed E-state index contributed by atoms with van der Waals surface area (Å²) in [6, 6.07) is 14.2. The van der Waals surface area contributed by atoms with E-state index in [0.29, 0.717) is 13.1 Å². The molecule has 0 heterocycles. The number of carbonyl (C=O) groups is 1. The molecule has 7 heteroatoms. The molecule has 27 heavy (non-hydrogen) atoms. The van der Waals surface area contributed by atoms with Crippen LogP contribution in [-0.2, 0) is 16.7 Å². The van der Waals surface area contributed by atoms with Gasteiger partial charge in [0.1, 0.15) is 5.75 Å². The van der Waals surface area contributed by atoms with Crippen LogP contribution in [0.4, 0.5) is 10.5 Å². The topological polar surface area (TPSA) is 75.7 Å². The Morgan fingerprint density at radius 1 is 1.15 bits per heavy atom. The van der Waals surface area contributed by atoms with Gasteiger partial charge in [-0.15, -0.1) is 0 Å². The van der Waals surface area contributed by atoms with Crippen molar-refractivity contribution in [2.24, 2.45) is 0 Å². The van der Waals surface area contributed by atoms with Gasteiger partial charge in [-0.3, -0.25) is 0 Å². The lowest BCUT2D eigenvalue weighted by Gasteiger charge is -2.23. The Balaban J connectivity index is 2.07. The van der Waals surface area contributed by atoms with Crippen LogP contribution in [0.1, 0.15) is 30.9 Å². The van der Waals surface area contributed by atoms with Gasteiger partial charge in [0.15, 0.2) is 0 Å². The van der Waals surface area contributed by atoms with Crippen LogP contribution in [0.5, 0.6) is 5.75 Å². The first-order chi connectivity index (χ1) is 12.8. The second-order valence-electron chi connectivity index (χ2n) is 6.51. The maximum atomic E-state index is 12.7. The van der Waals surface area contributed by atoms with Crippen molar-refractivity contribution in [3.05, 3.63) is 59.7 Å². The summed E-state index contributed by atoms with van der Waals surface area (Å²) in [4.78, 5) is 14.4. The van der Waals surface area contributed by atoms with Crippen LogP contribution < -0.4 is 9.50 Å². The normalized spacial score (nSPS) is 11.1. The highest BCUT2D eigenvalue weighted by Crippen LogP contribution is 2.17. The Bertz CT molecular complexity index is 864. The second-order valence-corrected chi connectivity index (χ2v) is 8.08. The molecule has 0 saturated heterocycles. The quantitative estimate of drug-likeness (QED) is 0.687. The van der Waals surface area contributed by atoms with Crippen molar-refractivity contribution in [3.63, 3.8) is 0 Å². The molecule has 0 bridgehead atoms. The Morgan fingerprint density at radius 3 is 2.44 bits per heavy atom. The van der Waals surface area contributed by atoms with E-state index in [4.69, 9.17) is 4.18 Å². The number of hydrogen-bond donors (Lipinski definition) is 1. The number of unbranched alkanes of at least 4 members (excludes halogenated alkanes) is 1. The molecule has 0 aliphatic carbocycles. The summed E-state index contributed by atoms with van der Waals surface area (Å²) in [6.45, 7) is 5.12. The van der Waals surface area contributed by atoms with Gasteiger partial charge in [0.25, 0.3) is 0 Å². The van der Waals surface area contributed by atoms with E-state index in [-0.39, 0.29) is 11.8 Å². The number of anilines is 1. The maximum Gasteiger partial charge on any atom is 0.322 e. The first-order valence-corrected chi connectivity index (χ1v) is 10.7. The van der Waals surface area contributed by atoms with E-state index in [2.05, 4.69) is 12.2 Å². The molecule has 0 fully saturated rings. The fourth-order valence-electron chi connectivity index (χ4n) is 2.57. The SMILES string of the molecule is CCCCN(Cc1ccc(OS(C)(=O)=O)cc1)C(=O)Nc1cccc(C)c1. The van der Waals surface area contributed by atoms with Gasteiger partial charge in [-0.05, 0) is 48.7 Å². The highest BCUT2D eigenvalue weighted by molar-refractivity contribution is 7.86. The van der Waals surface area contributed by atoms with E-state index in [0.717, 1.165) is 35.9 Å². The summed E-state index contributed by atoms with van der Waals surface area (Å²) in [6.07, 6.45) is 2.88. The van der Waals surface area contributed by atoms with Gasteiger partial charge in [-0.2, -0.15) is 8.42 Å². The molecule has 0 unspecified atom stereocenters. The van der Waals surface area contributed by atoms with Gasteiger partial charge >= 0.3 is 16.1 Å². The van der Waals surface area contributed by atoms with Gasteiger partial charge in [-0.25, -0.2) is 4.79 Å². The summed E-state index contributed by atoms with van der Waals surface area (Å²) < 4.78 is 27.2. The standard InChI is InChI=1S/C20H26N2O4S/c1-4-5-13-22(20(23)21-18-8-6-7-16(2)14-18)15-17-9-11-19(12-10-17)26-27(3,24)25/h6-12,14H,4-5,13,15H2,1-3H3,(H,21,23). The van der Waals surface area contributed by atoms with Crippen molar-refractivity contribution in [3.8, 4) is 5.75 Å². The number of urea groups is 1. The summed E-state index contributed by atoms with van der Waals surface area (Å²) in [7, 11) is -3.55. The zero-order valence-corrected chi connectivity index (χ0v) is 16.8.